The predicted octanol–water partition coefficient (Wildman–Crippen LogP) is 2.14. The maximum Gasteiger partial charge on any atom is 0.262 e. The Kier molecular flexibility index (Phi) is 4.30. The summed E-state index contributed by atoms with van der Waals surface area (Å²) in [4.78, 5) is 25.7. The van der Waals surface area contributed by atoms with Crippen molar-refractivity contribution >= 4 is 23.2 Å². The van der Waals surface area contributed by atoms with Gasteiger partial charge in [-0.3, -0.25) is 14.9 Å². The van der Waals surface area contributed by atoms with Crippen molar-refractivity contribution in [1.82, 2.24) is 5.32 Å². The minimum atomic E-state index is -2.84. The number of hydrogen-bond acceptors (Lipinski definition) is 3. The molecule has 0 aliphatic carbocycles. The molecule has 0 radical (unpaired) electrons. The number of carbonyl (C=O) groups is 2. The third-order valence-electron chi connectivity index (χ3n) is 4.18. The quantitative estimate of drug-likeness (QED) is 0.896. The first-order valence-electron chi connectivity index (χ1n) is 7.77. The van der Waals surface area contributed by atoms with Crippen molar-refractivity contribution in [3.8, 4) is 0 Å². The fraction of sp³-hybridized carbons (Fsp3) is 0.500. The maximum absolute atomic E-state index is 13.2. The highest BCUT2D eigenvalue weighted by molar-refractivity contribution is 5.97. The first-order chi connectivity index (χ1) is 10.9. The average Bonchev–Trinajstić information content (AvgIpc) is 2.88. The molecule has 1 aromatic rings. The Morgan fingerprint density at radius 2 is 2.17 bits per heavy atom. The van der Waals surface area contributed by atoms with Gasteiger partial charge in [-0.1, -0.05) is 6.07 Å². The maximum atomic E-state index is 13.2. The van der Waals surface area contributed by atoms with E-state index >= 15 is 0 Å². The van der Waals surface area contributed by atoms with Gasteiger partial charge in [0.1, 0.15) is 0 Å². The third-order valence-corrected chi connectivity index (χ3v) is 4.18. The van der Waals surface area contributed by atoms with Crippen molar-refractivity contribution in [3.05, 3.63) is 24.3 Å². The molecule has 2 aliphatic heterocycles. The highest BCUT2D eigenvalue weighted by atomic mass is 19.3. The minimum Gasteiger partial charge on any atom is -0.325 e. The van der Waals surface area contributed by atoms with Crippen molar-refractivity contribution in [2.45, 2.75) is 37.6 Å². The van der Waals surface area contributed by atoms with E-state index in [1.165, 1.54) is 0 Å². The number of anilines is 2. The molecule has 2 fully saturated rings. The molecule has 0 saturated carbocycles. The molecule has 2 aliphatic rings. The van der Waals surface area contributed by atoms with Gasteiger partial charge in [0.2, 0.25) is 11.8 Å². The van der Waals surface area contributed by atoms with Crippen LogP contribution in [0.5, 0.6) is 0 Å². The van der Waals surface area contributed by atoms with E-state index in [-0.39, 0.29) is 5.91 Å². The van der Waals surface area contributed by atoms with Gasteiger partial charge in [0.15, 0.2) is 0 Å². The summed E-state index contributed by atoms with van der Waals surface area (Å²) in [5, 5.41) is 5.17. The molecule has 1 atom stereocenters. The zero-order valence-corrected chi connectivity index (χ0v) is 12.6. The first-order valence-corrected chi connectivity index (χ1v) is 7.77. The zero-order valence-electron chi connectivity index (χ0n) is 12.6. The molecule has 0 bridgehead atoms. The van der Waals surface area contributed by atoms with E-state index in [1.54, 1.807) is 29.2 Å². The number of alkyl halides is 2. The molecule has 124 valence electrons. The van der Waals surface area contributed by atoms with Crippen LogP contribution in [0.4, 0.5) is 20.2 Å². The number of rotatable bonds is 3. The molecule has 3 rings (SSSR count). The van der Waals surface area contributed by atoms with E-state index in [0.29, 0.717) is 18.7 Å². The normalized spacial score (nSPS) is 23.8. The van der Waals surface area contributed by atoms with Gasteiger partial charge in [-0.05, 0) is 31.0 Å². The summed E-state index contributed by atoms with van der Waals surface area (Å²) in [5.74, 6) is -3.26. The van der Waals surface area contributed by atoms with Crippen LogP contribution < -0.4 is 15.5 Å². The van der Waals surface area contributed by atoms with E-state index in [2.05, 4.69) is 10.6 Å². The fourth-order valence-electron chi connectivity index (χ4n) is 2.96. The van der Waals surface area contributed by atoms with Gasteiger partial charge in [-0.2, -0.15) is 0 Å². The first kappa shape index (κ1) is 15.9. The third kappa shape index (κ3) is 3.67. The van der Waals surface area contributed by atoms with Crippen LogP contribution in [0.3, 0.4) is 0 Å². The second-order valence-corrected chi connectivity index (χ2v) is 6.04. The largest absolute Gasteiger partial charge is 0.325 e. The van der Waals surface area contributed by atoms with Crippen molar-refractivity contribution in [2.24, 2.45) is 0 Å². The highest BCUT2D eigenvalue weighted by Crippen LogP contribution is 2.27. The van der Waals surface area contributed by atoms with Gasteiger partial charge < -0.3 is 10.2 Å². The number of halogens is 2. The Balaban J connectivity index is 1.68. The number of hydrogen-bond donors (Lipinski definition) is 2. The molecule has 2 saturated heterocycles. The zero-order chi connectivity index (χ0) is 16.4. The molecule has 2 amide bonds. The lowest BCUT2D eigenvalue weighted by atomic mass is 10.1. The molecular formula is C16H19F2N3O2. The lowest BCUT2D eigenvalue weighted by Gasteiger charge is -2.27. The van der Waals surface area contributed by atoms with Crippen molar-refractivity contribution in [1.29, 1.82) is 0 Å². The summed E-state index contributed by atoms with van der Waals surface area (Å²) < 4.78 is 26.3. The van der Waals surface area contributed by atoms with E-state index in [1.807, 2.05) is 0 Å². The van der Waals surface area contributed by atoms with Gasteiger partial charge >= 0.3 is 0 Å². The van der Waals surface area contributed by atoms with Crippen LogP contribution in [0.1, 0.15) is 25.7 Å². The summed E-state index contributed by atoms with van der Waals surface area (Å²) in [7, 11) is 0. The van der Waals surface area contributed by atoms with Crippen LogP contribution in [-0.2, 0) is 9.59 Å². The fourth-order valence-corrected chi connectivity index (χ4v) is 2.96. The molecule has 23 heavy (non-hydrogen) atoms. The van der Waals surface area contributed by atoms with Gasteiger partial charge in [0.25, 0.3) is 5.92 Å². The number of amides is 2. The molecule has 2 N–H and O–H groups in total. The Bertz CT molecular complexity index is 621. The number of piperidine rings is 1. The van der Waals surface area contributed by atoms with Gasteiger partial charge in [-0.25, -0.2) is 8.78 Å². The topological polar surface area (TPSA) is 61.4 Å². The van der Waals surface area contributed by atoms with Crippen LogP contribution in [0.2, 0.25) is 0 Å². The average molecular weight is 323 g/mol. The lowest BCUT2D eigenvalue weighted by Crippen LogP contribution is -2.36. The SMILES string of the molecule is O=C(Nc1cccc(N2CCCCC2=O)c1)C1CC(F)(F)CN1. The van der Waals surface area contributed by atoms with Crippen molar-refractivity contribution < 1.29 is 18.4 Å². The predicted molar refractivity (Wildman–Crippen MR) is 82.6 cm³/mol. The Hall–Kier alpha value is -2.02. The number of carbonyl (C=O) groups excluding carboxylic acids is 2. The van der Waals surface area contributed by atoms with Gasteiger partial charge in [0, 0.05) is 30.8 Å². The summed E-state index contributed by atoms with van der Waals surface area (Å²) >= 11 is 0. The van der Waals surface area contributed by atoms with Crippen molar-refractivity contribution in [2.75, 3.05) is 23.3 Å². The summed E-state index contributed by atoms with van der Waals surface area (Å²) in [6.07, 6.45) is 1.87. The van der Waals surface area contributed by atoms with Crippen LogP contribution in [0.15, 0.2) is 24.3 Å². The summed E-state index contributed by atoms with van der Waals surface area (Å²) in [5.41, 5.74) is 1.22. The lowest BCUT2D eigenvalue weighted by molar-refractivity contribution is -0.119. The Labute approximate surface area is 133 Å². The second-order valence-electron chi connectivity index (χ2n) is 6.04. The molecule has 0 spiro atoms. The van der Waals surface area contributed by atoms with Gasteiger partial charge in [-0.15, -0.1) is 0 Å². The Morgan fingerprint density at radius 1 is 1.35 bits per heavy atom. The minimum absolute atomic E-state index is 0.0665. The molecule has 1 unspecified atom stereocenters. The molecular weight excluding hydrogens is 304 g/mol. The molecule has 7 heteroatoms. The smallest absolute Gasteiger partial charge is 0.262 e. The van der Waals surface area contributed by atoms with Crippen LogP contribution >= 0.6 is 0 Å². The number of nitrogens with zero attached hydrogens (tertiary/aromatic N) is 1. The number of benzene rings is 1. The second kappa shape index (κ2) is 6.23. The Morgan fingerprint density at radius 3 is 2.87 bits per heavy atom. The van der Waals surface area contributed by atoms with E-state index < -0.39 is 30.8 Å². The monoisotopic (exact) mass is 323 g/mol. The summed E-state index contributed by atoms with van der Waals surface area (Å²) in [6, 6.07) is 6.03. The molecule has 2 heterocycles. The van der Waals surface area contributed by atoms with Crippen LogP contribution in [0.25, 0.3) is 0 Å². The summed E-state index contributed by atoms with van der Waals surface area (Å²) in [6.45, 7) is 0.181. The van der Waals surface area contributed by atoms with Crippen molar-refractivity contribution in [3.63, 3.8) is 0 Å². The van der Waals surface area contributed by atoms with Gasteiger partial charge in [0.05, 0.1) is 12.6 Å². The standard InChI is InChI=1S/C16H19F2N3O2/c17-16(18)9-13(19-10-16)15(23)20-11-4-3-5-12(8-11)21-7-2-1-6-14(21)22/h3-5,8,13,19H,1-2,6-7,9-10H2,(H,20,23). The molecule has 1 aromatic carbocycles. The van der Waals surface area contributed by atoms with E-state index in [4.69, 9.17) is 0 Å². The number of nitrogens with one attached hydrogen (secondary N) is 2. The van der Waals surface area contributed by atoms with E-state index in [0.717, 1.165) is 18.5 Å². The molecule has 5 nitrogen and oxygen atoms in total. The molecule has 0 aromatic heterocycles. The highest BCUT2D eigenvalue weighted by Gasteiger charge is 2.42. The van der Waals surface area contributed by atoms with Crippen LogP contribution in [0, 0.1) is 0 Å². The van der Waals surface area contributed by atoms with E-state index in [9.17, 15) is 18.4 Å². The van der Waals surface area contributed by atoms with Crippen LogP contribution in [-0.4, -0.2) is 36.9 Å².